The highest BCUT2D eigenvalue weighted by Crippen LogP contribution is 2.30. The highest BCUT2D eigenvalue weighted by molar-refractivity contribution is 5.85. The highest BCUT2D eigenvalue weighted by Gasteiger charge is 2.14. The van der Waals surface area contributed by atoms with Crippen molar-refractivity contribution in [3.05, 3.63) is 23.8 Å². The van der Waals surface area contributed by atoms with Crippen molar-refractivity contribution in [3.8, 4) is 11.5 Å². The molecule has 98 valence electrons. The van der Waals surface area contributed by atoms with Crippen LogP contribution in [0.3, 0.4) is 0 Å². The van der Waals surface area contributed by atoms with E-state index in [0.717, 1.165) is 12.1 Å². The van der Waals surface area contributed by atoms with Crippen molar-refractivity contribution < 1.29 is 27.0 Å². The lowest BCUT2D eigenvalue weighted by atomic mass is 10.2. The lowest BCUT2D eigenvalue weighted by Crippen LogP contribution is -2.08. The normalized spacial score (nSPS) is 10.3. The standard InChI is InChI=1S/C9H9F4NO2.ClH/c10-8(11)15-6-2-1-5(4-14)3-7(6)16-9(12)13;/h1-3,8-9H,4,14H2;1H. The van der Waals surface area contributed by atoms with Crippen molar-refractivity contribution in [2.75, 3.05) is 0 Å². The molecule has 8 heteroatoms. The number of hydrogen-bond donors (Lipinski definition) is 1. The van der Waals surface area contributed by atoms with E-state index in [-0.39, 0.29) is 19.0 Å². The molecule has 0 radical (unpaired) electrons. The van der Waals surface area contributed by atoms with Crippen molar-refractivity contribution >= 4 is 12.4 Å². The van der Waals surface area contributed by atoms with E-state index in [1.807, 2.05) is 0 Å². The lowest BCUT2D eigenvalue weighted by Gasteiger charge is -2.12. The zero-order valence-corrected chi connectivity index (χ0v) is 9.22. The first-order chi connectivity index (χ1) is 7.52. The summed E-state index contributed by atoms with van der Waals surface area (Å²) < 4.78 is 55.9. The molecule has 0 atom stereocenters. The predicted molar refractivity (Wildman–Crippen MR) is 54.8 cm³/mol. The first kappa shape index (κ1) is 15.8. The summed E-state index contributed by atoms with van der Waals surface area (Å²) in [4.78, 5) is 0. The summed E-state index contributed by atoms with van der Waals surface area (Å²) in [5.41, 5.74) is 5.74. The molecule has 0 aliphatic heterocycles. The van der Waals surface area contributed by atoms with Crippen LogP contribution in [0.5, 0.6) is 11.5 Å². The molecule has 0 saturated carbocycles. The molecule has 1 aromatic rings. The van der Waals surface area contributed by atoms with Gasteiger partial charge in [-0.1, -0.05) is 6.07 Å². The monoisotopic (exact) mass is 275 g/mol. The summed E-state index contributed by atoms with van der Waals surface area (Å²) in [5.74, 6) is -0.911. The van der Waals surface area contributed by atoms with Crippen LogP contribution in [0.2, 0.25) is 0 Å². The minimum atomic E-state index is -3.12. The number of ether oxygens (including phenoxy) is 2. The Morgan fingerprint density at radius 2 is 1.53 bits per heavy atom. The second-order valence-electron chi connectivity index (χ2n) is 2.74. The lowest BCUT2D eigenvalue weighted by molar-refractivity contribution is -0.0692. The minimum Gasteiger partial charge on any atom is -0.431 e. The quantitative estimate of drug-likeness (QED) is 0.841. The van der Waals surface area contributed by atoms with Gasteiger partial charge in [0, 0.05) is 6.54 Å². The molecule has 0 amide bonds. The second kappa shape index (κ2) is 7.18. The summed E-state index contributed by atoms with van der Waals surface area (Å²) in [5, 5.41) is 0. The van der Waals surface area contributed by atoms with Crippen LogP contribution in [0.25, 0.3) is 0 Å². The van der Waals surface area contributed by atoms with Crippen LogP contribution < -0.4 is 15.2 Å². The number of alkyl halides is 4. The smallest absolute Gasteiger partial charge is 0.387 e. The Hall–Kier alpha value is -1.21. The molecule has 3 nitrogen and oxygen atoms in total. The maximum absolute atomic E-state index is 12.0. The van der Waals surface area contributed by atoms with Crippen molar-refractivity contribution in [3.63, 3.8) is 0 Å². The topological polar surface area (TPSA) is 44.5 Å². The molecule has 0 spiro atoms. The van der Waals surface area contributed by atoms with Crippen LogP contribution in [0.15, 0.2) is 18.2 Å². The van der Waals surface area contributed by atoms with E-state index in [2.05, 4.69) is 9.47 Å². The summed E-state index contributed by atoms with van der Waals surface area (Å²) >= 11 is 0. The average Bonchev–Trinajstić information content (AvgIpc) is 2.19. The SMILES string of the molecule is Cl.NCc1ccc(OC(F)F)c(OC(F)F)c1. The Bertz CT molecular complexity index is 352. The van der Waals surface area contributed by atoms with Crippen molar-refractivity contribution in [2.24, 2.45) is 5.73 Å². The van der Waals surface area contributed by atoms with E-state index in [0.29, 0.717) is 5.56 Å². The Morgan fingerprint density at radius 1 is 1.00 bits per heavy atom. The van der Waals surface area contributed by atoms with Gasteiger partial charge < -0.3 is 15.2 Å². The van der Waals surface area contributed by atoms with Gasteiger partial charge in [-0.05, 0) is 17.7 Å². The van der Waals surface area contributed by atoms with Crippen LogP contribution in [-0.4, -0.2) is 13.2 Å². The van der Waals surface area contributed by atoms with Gasteiger partial charge in [0.15, 0.2) is 11.5 Å². The molecule has 0 bridgehead atoms. The van der Waals surface area contributed by atoms with Crippen LogP contribution in [0.4, 0.5) is 17.6 Å². The fourth-order valence-corrected chi connectivity index (χ4v) is 1.06. The van der Waals surface area contributed by atoms with Gasteiger partial charge in [0.1, 0.15) is 0 Å². The van der Waals surface area contributed by atoms with Gasteiger partial charge >= 0.3 is 13.2 Å². The molecule has 0 aromatic heterocycles. The zero-order chi connectivity index (χ0) is 12.1. The molecular weight excluding hydrogens is 266 g/mol. The summed E-state index contributed by atoms with van der Waals surface area (Å²) in [7, 11) is 0. The first-order valence-electron chi connectivity index (χ1n) is 4.25. The van der Waals surface area contributed by atoms with E-state index < -0.39 is 24.7 Å². The number of hydrogen-bond acceptors (Lipinski definition) is 3. The second-order valence-corrected chi connectivity index (χ2v) is 2.74. The van der Waals surface area contributed by atoms with E-state index in [1.165, 1.54) is 6.07 Å². The number of benzene rings is 1. The number of rotatable bonds is 5. The summed E-state index contributed by atoms with van der Waals surface area (Å²) in [6.07, 6.45) is 0. The van der Waals surface area contributed by atoms with Gasteiger partial charge in [-0.25, -0.2) is 0 Å². The zero-order valence-electron chi connectivity index (χ0n) is 8.41. The Balaban J connectivity index is 0.00000256. The van der Waals surface area contributed by atoms with Crippen molar-refractivity contribution in [2.45, 2.75) is 19.8 Å². The van der Waals surface area contributed by atoms with Gasteiger partial charge in [-0.15, -0.1) is 12.4 Å². The molecule has 0 fully saturated rings. The third-order valence-electron chi connectivity index (χ3n) is 1.68. The van der Waals surface area contributed by atoms with Gasteiger partial charge in [0.25, 0.3) is 0 Å². The minimum absolute atomic E-state index is 0. The molecule has 0 aliphatic carbocycles. The Morgan fingerprint density at radius 3 is 2.00 bits per heavy atom. The molecule has 0 unspecified atom stereocenters. The molecule has 1 rings (SSSR count). The third-order valence-corrected chi connectivity index (χ3v) is 1.68. The first-order valence-corrected chi connectivity index (χ1v) is 4.25. The molecule has 0 aliphatic rings. The Labute approximate surface area is 101 Å². The number of halogens is 5. The molecule has 0 heterocycles. The maximum Gasteiger partial charge on any atom is 0.387 e. The van der Waals surface area contributed by atoms with Crippen molar-refractivity contribution in [1.82, 2.24) is 0 Å². The van der Waals surface area contributed by atoms with E-state index in [4.69, 9.17) is 5.73 Å². The van der Waals surface area contributed by atoms with Crippen molar-refractivity contribution in [1.29, 1.82) is 0 Å². The molecule has 2 N–H and O–H groups in total. The van der Waals surface area contributed by atoms with E-state index in [1.54, 1.807) is 0 Å². The highest BCUT2D eigenvalue weighted by atomic mass is 35.5. The fourth-order valence-electron chi connectivity index (χ4n) is 1.06. The van der Waals surface area contributed by atoms with Gasteiger partial charge in [0.05, 0.1) is 0 Å². The summed E-state index contributed by atoms with van der Waals surface area (Å²) in [6, 6.07) is 3.62. The van der Waals surface area contributed by atoms with Crippen LogP contribution in [-0.2, 0) is 6.54 Å². The largest absolute Gasteiger partial charge is 0.431 e. The Kier molecular flexibility index (Phi) is 6.67. The van der Waals surface area contributed by atoms with Crippen LogP contribution in [0, 0.1) is 0 Å². The molecule has 17 heavy (non-hydrogen) atoms. The van der Waals surface area contributed by atoms with E-state index in [9.17, 15) is 17.6 Å². The maximum atomic E-state index is 12.0. The van der Waals surface area contributed by atoms with E-state index >= 15 is 0 Å². The third kappa shape index (κ3) is 5.10. The summed E-state index contributed by atoms with van der Waals surface area (Å²) in [6.45, 7) is -6.15. The molecule has 1 aromatic carbocycles. The number of nitrogens with two attached hydrogens (primary N) is 1. The van der Waals surface area contributed by atoms with Crippen LogP contribution >= 0.6 is 12.4 Å². The van der Waals surface area contributed by atoms with Gasteiger partial charge in [-0.2, -0.15) is 17.6 Å². The average molecular weight is 276 g/mol. The predicted octanol–water partition coefficient (Wildman–Crippen LogP) is 2.77. The molecule has 0 saturated heterocycles. The molecular formula is C9H10ClF4NO2. The fraction of sp³-hybridized carbons (Fsp3) is 0.333. The van der Waals surface area contributed by atoms with Crippen LogP contribution in [0.1, 0.15) is 5.56 Å². The van der Waals surface area contributed by atoms with Gasteiger partial charge in [-0.3, -0.25) is 0 Å². The van der Waals surface area contributed by atoms with Gasteiger partial charge in [0.2, 0.25) is 0 Å².